The van der Waals surface area contributed by atoms with E-state index < -0.39 is 0 Å². The predicted molar refractivity (Wildman–Crippen MR) is 58.4 cm³/mol. The lowest BCUT2D eigenvalue weighted by Crippen LogP contribution is -2.39. The van der Waals surface area contributed by atoms with Gasteiger partial charge in [-0.15, -0.1) is 0 Å². The molecule has 15 heavy (non-hydrogen) atoms. The first kappa shape index (κ1) is 9.33. The Bertz CT molecular complexity index is 341. The summed E-state index contributed by atoms with van der Waals surface area (Å²) in [6.07, 6.45) is 0.263. The van der Waals surface area contributed by atoms with Gasteiger partial charge in [-0.2, -0.15) is 0 Å². The SMILES string of the molecule is N[C@H]1[C@H]2CO[C@@H]1CN2Cc1ccccc1. The zero-order chi connectivity index (χ0) is 10.3. The molecule has 2 aliphatic heterocycles. The molecule has 80 valence electrons. The van der Waals surface area contributed by atoms with Gasteiger partial charge in [0.2, 0.25) is 0 Å². The number of fused-ring (bicyclic) bond motifs is 2. The summed E-state index contributed by atoms with van der Waals surface area (Å²) in [6, 6.07) is 11.2. The van der Waals surface area contributed by atoms with Crippen molar-refractivity contribution in [3.8, 4) is 0 Å². The molecule has 3 heteroatoms. The Kier molecular flexibility index (Phi) is 2.24. The van der Waals surface area contributed by atoms with Crippen LogP contribution in [0.25, 0.3) is 0 Å². The molecule has 0 saturated carbocycles. The summed E-state index contributed by atoms with van der Waals surface area (Å²) in [5, 5.41) is 0. The highest BCUT2D eigenvalue weighted by atomic mass is 16.5. The molecule has 1 aromatic rings. The third-order valence-electron chi connectivity index (χ3n) is 3.47. The van der Waals surface area contributed by atoms with Gasteiger partial charge in [0.1, 0.15) is 0 Å². The van der Waals surface area contributed by atoms with E-state index in [9.17, 15) is 0 Å². The highest BCUT2D eigenvalue weighted by Crippen LogP contribution is 2.28. The van der Waals surface area contributed by atoms with Crippen LogP contribution < -0.4 is 5.73 Å². The second-order valence-corrected chi connectivity index (χ2v) is 4.43. The van der Waals surface area contributed by atoms with Gasteiger partial charge in [-0.3, -0.25) is 4.90 Å². The number of ether oxygens (including phenoxy) is 1. The van der Waals surface area contributed by atoms with Crippen LogP contribution in [0.5, 0.6) is 0 Å². The minimum absolute atomic E-state index is 0.216. The Balaban J connectivity index is 1.71. The number of benzene rings is 1. The highest BCUT2D eigenvalue weighted by Gasteiger charge is 2.45. The first-order valence-electron chi connectivity index (χ1n) is 5.50. The number of hydrogen-bond acceptors (Lipinski definition) is 3. The minimum atomic E-state index is 0.216. The van der Waals surface area contributed by atoms with Crippen LogP contribution in [-0.4, -0.2) is 36.2 Å². The van der Waals surface area contributed by atoms with E-state index in [1.807, 2.05) is 0 Å². The van der Waals surface area contributed by atoms with Gasteiger partial charge in [0.25, 0.3) is 0 Å². The lowest BCUT2D eigenvalue weighted by molar-refractivity contribution is 0.0268. The molecule has 2 N–H and O–H groups in total. The Hall–Kier alpha value is -0.900. The third-order valence-corrected chi connectivity index (χ3v) is 3.47. The van der Waals surface area contributed by atoms with Crippen molar-refractivity contribution >= 4 is 0 Å². The first-order valence-corrected chi connectivity index (χ1v) is 5.50. The monoisotopic (exact) mass is 204 g/mol. The van der Waals surface area contributed by atoms with Crippen molar-refractivity contribution in [2.24, 2.45) is 5.73 Å². The number of likely N-dealkylation sites (tertiary alicyclic amines) is 1. The number of hydrogen-bond donors (Lipinski definition) is 1. The second kappa shape index (κ2) is 3.59. The van der Waals surface area contributed by atoms with E-state index in [2.05, 4.69) is 35.2 Å². The van der Waals surface area contributed by atoms with Crippen LogP contribution in [0.2, 0.25) is 0 Å². The summed E-state index contributed by atoms with van der Waals surface area (Å²) >= 11 is 0. The van der Waals surface area contributed by atoms with E-state index in [1.165, 1.54) is 5.56 Å². The van der Waals surface area contributed by atoms with E-state index in [0.29, 0.717) is 6.04 Å². The molecule has 1 aromatic carbocycles. The van der Waals surface area contributed by atoms with E-state index in [-0.39, 0.29) is 12.1 Å². The standard InChI is InChI=1S/C12H16N2O/c13-12-10-8-15-11(12)7-14(10)6-9-4-2-1-3-5-9/h1-5,10-12H,6-8,13H2/t10-,11-,12+/m1/s1. The van der Waals surface area contributed by atoms with Crippen LogP contribution >= 0.6 is 0 Å². The zero-order valence-electron chi connectivity index (χ0n) is 8.67. The maximum absolute atomic E-state index is 6.06. The molecule has 0 unspecified atom stereocenters. The topological polar surface area (TPSA) is 38.5 Å². The van der Waals surface area contributed by atoms with Crippen molar-refractivity contribution in [1.29, 1.82) is 0 Å². The average molecular weight is 204 g/mol. The lowest BCUT2D eigenvalue weighted by atomic mass is 10.1. The van der Waals surface area contributed by atoms with Crippen LogP contribution in [0, 0.1) is 0 Å². The average Bonchev–Trinajstić information content (AvgIpc) is 2.75. The van der Waals surface area contributed by atoms with Gasteiger partial charge in [0.15, 0.2) is 0 Å². The molecule has 0 radical (unpaired) electrons. The lowest BCUT2D eigenvalue weighted by Gasteiger charge is -2.26. The molecule has 3 rings (SSSR count). The largest absolute Gasteiger partial charge is 0.374 e. The van der Waals surface area contributed by atoms with Crippen molar-refractivity contribution < 1.29 is 4.74 Å². The van der Waals surface area contributed by atoms with Gasteiger partial charge in [0.05, 0.1) is 18.8 Å². The summed E-state index contributed by atoms with van der Waals surface area (Å²) < 4.78 is 5.57. The molecule has 2 saturated heterocycles. The van der Waals surface area contributed by atoms with Gasteiger partial charge < -0.3 is 10.5 Å². The molecule has 3 atom stereocenters. The van der Waals surface area contributed by atoms with Crippen LogP contribution in [0.15, 0.2) is 30.3 Å². The molecule has 0 aliphatic carbocycles. The van der Waals surface area contributed by atoms with Crippen LogP contribution in [0.1, 0.15) is 5.56 Å². The first-order chi connectivity index (χ1) is 7.34. The molecule has 2 aliphatic rings. The normalized spacial score (nSPS) is 34.9. The quantitative estimate of drug-likeness (QED) is 0.766. The predicted octanol–water partition coefficient (Wildman–Crippen LogP) is 0.597. The number of nitrogens with two attached hydrogens (primary N) is 1. The third kappa shape index (κ3) is 1.57. The van der Waals surface area contributed by atoms with Gasteiger partial charge in [-0.25, -0.2) is 0 Å². The van der Waals surface area contributed by atoms with Gasteiger partial charge in [0, 0.05) is 19.1 Å². The van der Waals surface area contributed by atoms with Crippen molar-refractivity contribution in [3.05, 3.63) is 35.9 Å². The fraction of sp³-hybridized carbons (Fsp3) is 0.500. The highest BCUT2D eigenvalue weighted by molar-refractivity contribution is 5.16. The number of nitrogens with zero attached hydrogens (tertiary/aromatic N) is 1. The summed E-state index contributed by atoms with van der Waals surface area (Å²) in [5.74, 6) is 0. The zero-order valence-corrected chi connectivity index (χ0v) is 8.67. The van der Waals surface area contributed by atoms with Gasteiger partial charge in [-0.1, -0.05) is 30.3 Å². The Morgan fingerprint density at radius 3 is 2.73 bits per heavy atom. The number of morpholine rings is 1. The summed E-state index contributed by atoms with van der Waals surface area (Å²) in [4.78, 5) is 2.44. The van der Waals surface area contributed by atoms with Crippen LogP contribution in [0.3, 0.4) is 0 Å². The maximum Gasteiger partial charge on any atom is 0.0869 e. The molecule has 0 spiro atoms. The number of rotatable bonds is 2. The smallest absolute Gasteiger partial charge is 0.0869 e. The summed E-state index contributed by atoms with van der Waals surface area (Å²) in [7, 11) is 0. The Labute approximate surface area is 89.8 Å². The van der Waals surface area contributed by atoms with E-state index in [0.717, 1.165) is 19.7 Å². The summed E-state index contributed by atoms with van der Waals surface area (Å²) in [5.41, 5.74) is 7.42. The maximum atomic E-state index is 6.06. The van der Waals surface area contributed by atoms with E-state index in [4.69, 9.17) is 10.5 Å². The fourth-order valence-electron chi connectivity index (χ4n) is 2.58. The van der Waals surface area contributed by atoms with Crippen LogP contribution in [0.4, 0.5) is 0 Å². The molecule has 2 heterocycles. The molecular formula is C12H16N2O. The molecule has 2 bridgehead atoms. The molecule has 0 aromatic heterocycles. The molecule has 3 nitrogen and oxygen atoms in total. The summed E-state index contributed by atoms with van der Waals surface area (Å²) in [6.45, 7) is 2.79. The second-order valence-electron chi connectivity index (χ2n) is 4.43. The Morgan fingerprint density at radius 1 is 1.33 bits per heavy atom. The fourth-order valence-corrected chi connectivity index (χ4v) is 2.58. The minimum Gasteiger partial charge on any atom is -0.374 e. The van der Waals surface area contributed by atoms with Gasteiger partial charge >= 0.3 is 0 Å². The van der Waals surface area contributed by atoms with Crippen LogP contribution in [-0.2, 0) is 11.3 Å². The van der Waals surface area contributed by atoms with Gasteiger partial charge in [-0.05, 0) is 5.56 Å². The van der Waals surface area contributed by atoms with Crippen molar-refractivity contribution in [2.75, 3.05) is 13.2 Å². The molecule has 0 amide bonds. The molecule has 2 fully saturated rings. The molecular weight excluding hydrogens is 188 g/mol. The van der Waals surface area contributed by atoms with E-state index >= 15 is 0 Å². The Morgan fingerprint density at radius 2 is 2.13 bits per heavy atom. The van der Waals surface area contributed by atoms with Crippen molar-refractivity contribution in [1.82, 2.24) is 4.90 Å². The van der Waals surface area contributed by atoms with Crippen molar-refractivity contribution in [3.63, 3.8) is 0 Å². The van der Waals surface area contributed by atoms with Crippen molar-refractivity contribution in [2.45, 2.75) is 24.7 Å². The van der Waals surface area contributed by atoms with E-state index in [1.54, 1.807) is 0 Å².